The zero-order chi connectivity index (χ0) is 10.0. The Labute approximate surface area is 85.8 Å². The molecular weight excluding hydrogens is 172 g/mol. The Balaban J connectivity index is 2.13. The normalized spacial score (nSPS) is 19.0. The highest BCUT2D eigenvalue weighted by Gasteiger charge is 2.35. The van der Waals surface area contributed by atoms with Crippen LogP contribution in [0.25, 0.3) is 0 Å². The first kappa shape index (κ1) is 9.72. The average Bonchev–Trinajstić information content (AvgIpc) is 2.16. The predicted octanol–water partition coefficient (Wildman–Crippen LogP) is 3.01. The van der Waals surface area contributed by atoms with Gasteiger partial charge in [0.2, 0.25) is 0 Å². The summed E-state index contributed by atoms with van der Waals surface area (Å²) in [6.07, 6.45) is 5.34. The summed E-state index contributed by atoms with van der Waals surface area (Å²) >= 11 is 0. The zero-order valence-electron chi connectivity index (χ0n) is 8.79. The Morgan fingerprint density at radius 3 is 2.29 bits per heavy atom. The minimum Gasteiger partial charge on any atom is -0.385 e. The molecule has 0 aliphatic heterocycles. The molecule has 0 aromatic heterocycles. The summed E-state index contributed by atoms with van der Waals surface area (Å²) in [6, 6.07) is 8.47. The highest BCUT2D eigenvalue weighted by molar-refractivity contribution is 5.28. The fourth-order valence-electron chi connectivity index (χ4n) is 2.07. The summed E-state index contributed by atoms with van der Waals surface area (Å²) in [4.78, 5) is 0. The number of aryl methyl sites for hydroxylation is 1. The SMILES string of the molecule is CCCc1ccc(C2(O)CCC2)cc1. The largest absolute Gasteiger partial charge is 0.385 e. The van der Waals surface area contributed by atoms with E-state index in [2.05, 4.69) is 31.2 Å². The molecule has 2 rings (SSSR count). The summed E-state index contributed by atoms with van der Waals surface area (Å²) in [5, 5.41) is 10.1. The summed E-state index contributed by atoms with van der Waals surface area (Å²) in [6.45, 7) is 2.19. The van der Waals surface area contributed by atoms with Crippen LogP contribution in [-0.2, 0) is 12.0 Å². The Bertz CT molecular complexity index is 296. The standard InChI is InChI=1S/C13H18O/c1-2-4-11-5-7-12(8-6-11)13(14)9-3-10-13/h5-8,14H,2-4,9-10H2,1H3. The van der Waals surface area contributed by atoms with Gasteiger partial charge in [-0.05, 0) is 36.8 Å². The van der Waals surface area contributed by atoms with Gasteiger partial charge in [-0.2, -0.15) is 0 Å². The molecule has 0 atom stereocenters. The number of benzene rings is 1. The molecule has 1 nitrogen and oxygen atoms in total. The van der Waals surface area contributed by atoms with Crippen LogP contribution in [0.5, 0.6) is 0 Å². The van der Waals surface area contributed by atoms with Crippen molar-refractivity contribution in [2.45, 2.75) is 44.6 Å². The van der Waals surface area contributed by atoms with Crippen LogP contribution in [-0.4, -0.2) is 5.11 Å². The number of aliphatic hydroxyl groups is 1. The number of hydrogen-bond acceptors (Lipinski definition) is 1. The van der Waals surface area contributed by atoms with E-state index in [1.165, 1.54) is 12.0 Å². The smallest absolute Gasteiger partial charge is 0.0896 e. The van der Waals surface area contributed by atoms with Crippen LogP contribution in [0.15, 0.2) is 24.3 Å². The Kier molecular flexibility index (Phi) is 2.60. The van der Waals surface area contributed by atoms with Crippen LogP contribution >= 0.6 is 0 Å². The monoisotopic (exact) mass is 190 g/mol. The third-order valence-electron chi connectivity index (χ3n) is 3.21. The number of hydrogen-bond donors (Lipinski definition) is 1. The molecule has 0 spiro atoms. The van der Waals surface area contributed by atoms with E-state index in [-0.39, 0.29) is 0 Å². The molecule has 0 unspecified atom stereocenters. The van der Waals surface area contributed by atoms with Gasteiger partial charge in [-0.3, -0.25) is 0 Å². The van der Waals surface area contributed by atoms with Crippen molar-refractivity contribution in [2.75, 3.05) is 0 Å². The maximum atomic E-state index is 10.1. The Morgan fingerprint density at radius 2 is 1.86 bits per heavy atom. The first-order valence-electron chi connectivity index (χ1n) is 5.56. The topological polar surface area (TPSA) is 20.2 Å². The first-order valence-corrected chi connectivity index (χ1v) is 5.56. The van der Waals surface area contributed by atoms with Crippen LogP contribution in [0, 0.1) is 0 Å². The molecule has 1 aromatic rings. The molecule has 0 bridgehead atoms. The van der Waals surface area contributed by atoms with E-state index in [4.69, 9.17) is 0 Å². The third kappa shape index (κ3) is 1.69. The fourth-order valence-corrected chi connectivity index (χ4v) is 2.07. The van der Waals surface area contributed by atoms with Crippen LogP contribution < -0.4 is 0 Å². The molecule has 0 saturated heterocycles. The van der Waals surface area contributed by atoms with Crippen molar-refractivity contribution in [1.82, 2.24) is 0 Å². The molecule has 1 N–H and O–H groups in total. The predicted molar refractivity (Wildman–Crippen MR) is 58.2 cm³/mol. The van der Waals surface area contributed by atoms with Crippen molar-refractivity contribution >= 4 is 0 Å². The summed E-state index contributed by atoms with van der Waals surface area (Å²) in [5.74, 6) is 0. The minimum atomic E-state index is -0.495. The fraction of sp³-hybridized carbons (Fsp3) is 0.538. The van der Waals surface area contributed by atoms with E-state index in [0.29, 0.717) is 0 Å². The van der Waals surface area contributed by atoms with Gasteiger partial charge in [-0.25, -0.2) is 0 Å². The molecule has 0 radical (unpaired) electrons. The molecule has 14 heavy (non-hydrogen) atoms. The second kappa shape index (κ2) is 3.74. The highest BCUT2D eigenvalue weighted by Crippen LogP contribution is 2.40. The molecule has 1 aromatic carbocycles. The lowest BCUT2D eigenvalue weighted by molar-refractivity contribution is -0.0388. The zero-order valence-corrected chi connectivity index (χ0v) is 8.79. The second-order valence-electron chi connectivity index (χ2n) is 4.33. The van der Waals surface area contributed by atoms with Crippen molar-refractivity contribution in [3.63, 3.8) is 0 Å². The maximum absolute atomic E-state index is 10.1. The lowest BCUT2D eigenvalue weighted by Crippen LogP contribution is -2.33. The third-order valence-corrected chi connectivity index (χ3v) is 3.21. The van der Waals surface area contributed by atoms with Gasteiger partial charge in [-0.15, -0.1) is 0 Å². The highest BCUT2D eigenvalue weighted by atomic mass is 16.3. The van der Waals surface area contributed by atoms with Gasteiger partial charge in [0.15, 0.2) is 0 Å². The van der Waals surface area contributed by atoms with Crippen molar-refractivity contribution in [3.05, 3.63) is 35.4 Å². The lowest BCUT2D eigenvalue weighted by Gasteiger charge is -2.37. The molecule has 0 amide bonds. The van der Waals surface area contributed by atoms with E-state index < -0.39 is 5.60 Å². The van der Waals surface area contributed by atoms with Gasteiger partial charge < -0.3 is 5.11 Å². The lowest BCUT2D eigenvalue weighted by atomic mass is 9.75. The summed E-state index contributed by atoms with van der Waals surface area (Å²) in [7, 11) is 0. The molecule has 76 valence electrons. The number of rotatable bonds is 3. The van der Waals surface area contributed by atoms with Crippen molar-refractivity contribution in [3.8, 4) is 0 Å². The Morgan fingerprint density at radius 1 is 1.21 bits per heavy atom. The van der Waals surface area contributed by atoms with E-state index in [9.17, 15) is 5.11 Å². The van der Waals surface area contributed by atoms with E-state index in [0.717, 1.165) is 31.2 Å². The van der Waals surface area contributed by atoms with Crippen molar-refractivity contribution in [1.29, 1.82) is 0 Å². The van der Waals surface area contributed by atoms with Gasteiger partial charge in [-0.1, -0.05) is 37.6 Å². The molecule has 1 aliphatic carbocycles. The van der Waals surface area contributed by atoms with E-state index >= 15 is 0 Å². The van der Waals surface area contributed by atoms with Gasteiger partial charge in [0.1, 0.15) is 0 Å². The second-order valence-corrected chi connectivity index (χ2v) is 4.33. The molecule has 1 heteroatoms. The molecule has 1 saturated carbocycles. The molecule has 0 heterocycles. The minimum absolute atomic E-state index is 0.495. The first-order chi connectivity index (χ1) is 6.74. The van der Waals surface area contributed by atoms with Gasteiger partial charge in [0.05, 0.1) is 5.60 Å². The van der Waals surface area contributed by atoms with Crippen LogP contribution in [0.3, 0.4) is 0 Å². The molecule has 1 aliphatic rings. The van der Waals surface area contributed by atoms with Gasteiger partial charge in [0.25, 0.3) is 0 Å². The molecular formula is C13H18O. The van der Waals surface area contributed by atoms with Crippen LogP contribution in [0.2, 0.25) is 0 Å². The quantitative estimate of drug-likeness (QED) is 0.776. The Hall–Kier alpha value is -0.820. The van der Waals surface area contributed by atoms with E-state index in [1.54, 1.807) is 0 Å². The molecule has 1 fully saturated rings. The average molecular weight is 190 g/mol. The van der Waals surface area contributed by atoms with Gasteiger partial charge >= 0.3 is 0 Å². The summed E-state index contributed by atoms with van der Waals surface area (Å²) < 4.78 is 0. The van der Waals surface area contributed by atoms with Crippen molar-refractivity contribution < 1.29 is 5.11 Å². The maximum Gasteiger partial charge on any atom is 0.0896 e. The van der Waals surface area contributed by atoms with Crippen LogP contribution in [0.4, 0.5) is 0 Å². The van der Waals surface area contributed by atoms with Crippen LogP contribution in [0.1, 0.15) is 43.7 Å². The summed E-state index contributed by atoms with van der Waals surface area (Å²) in [5.41, 5.74) is 1.98. The van der Waals surface area contributed by atoms with Crippen molar-refractivity contribution in [2.24, 2.45) is 0 Å². The van der Waals surface area contributed by atoms with E-state index in [1.807, 2.05) is 0 Å². The van der Waals surface area contributed by atoms with Gasteiger partial charge in [0, 0.05) is 0 Å².